The maximum Gasteiger partial charge on any atom is 0.274 e. The fourth-order valence-corrected chi connectivity index (χ4v) is 1.36. The first-order chi connectivity index (χ1) is 6.72. The second-order valence-electron chi connectivity index (χ2n) is 3.08. The predicted molar refractivity (Wildman–Crippen MR) is 46.5 cm³/mol. The van der Waals surface area contributed by atoms with Gasteiger partial charge in [0.2, 0.25) is 0 Å². The molecule has 1 aliphatic heterocycles. The van der Waals surface area contributed by atoms with Crippen molar-refractivity contribution in [2.75, 3.05) is 6.61 Å². The first kappa shape index (κ1) is 9.45. The van der Waals surface area contributed by atoms with Gasteiger partial charge in [0.15, 0.2) is 12.6 Å². The van der Waals surface area contributed by atoms with Crippen LogP contribution in [0.5, 0.6) is 0 Å². The van der Waals surface area contributed by atoms with Gasteiger partial charge in [-0.1, -0.05) is 0 Å². The molecule has 1 saturated heterocycles. The summed E-state index contributed by atoms with van der Waals surface area (Å²) in [5, 5.41) is 11.4. The highest BCUT2D eigenvalue weighted by atomic mass is 16.9. The number of rotatable bonds is 3. The fraction of sp³-hybridized carbons (Fsp3) is 0.625. The SMILES string of the molecule is CC1OC(c2c[nH]n(CCO)c2=O)O1. The Balaban J connectivity index is 2.15. The second-order valence-corrected chi connectivity index (χ2v) is 3.08. The molecule has 0 saturated carbocycles. The maximum atomic E-state index is 11.6. The summed E-state index contributed by atoms with van der Waals surface area (Å²) in [4.78, 5) is 11.6. The molecule has 0 atom stereocenters. The molecule has 1 fully saturated rings. The van der Waals surface area contributed by atoms with Gasteiger partial charge in [0.1, 0.15) is 0 Å². The lowest BCUT2D eigenvalue weighted by Crippen LogP contribution is -2.35. The minimum atomic E-state index is -0.561. The first-order valence-electron chi connectivity index (χ1n) is 4.42. The number of nitrogens with one attached hydrogen (secondary N) is 1. The van der Waals surface area contributed by atoms with Crippen LogP contribution < -0.4 is 5.56 Å². The summed E-state index contributed by atoms with van der Waals surface area (Å²) in [6.07, 6.45) is 0.725. The molecule has 6 nitrogen and oxygen atoms in total. The van der Waals surface area contributed by atoms with E-state index in [-0.39, 0.29) is 25.0 Å². The zero-order valence-corrected chi connectivity index (χ0v) is 7.77. The number of ether oxygens (including phenoxy) is 2. The van der Waals surface area contributed by atoms with E-state index in [4.69, 9.17) is 14.6 Å². The van der Waals surface area contributed by atoms with Gasteiger partial charge in [0.05, 0.1) is 18.7 Å². The third-order valence-corrected chi connectivity index (χ3v) is 2.08. The molecule has 78 valence electrons. The summed E-state index contributed by atoms with van der Waals surface area (Å²) in [7, 11) is 0. The number of hydrogen-bond donors (Lipinski definition) is 2. The largest absolute Gasteiger partial charge is 0.394 e. The van der Waals surface area contributed by atoms with Gasteiger partial charge in [-0.05, 0) is 6.92 Å². The Bertz CT molecular complexity index is 364. The van der Waals surface area contributed by atoms with Crippen LogP contribution in [0, 0.1) is 0 Å². The standard InChI is InChI=1S/C8H12N2O4/c1-5-13-8(14-5)6-4-9-10(2-3-11)7(6)12/h4-5,8-9,11H,2-3H2,1H3. The third kappa shape index (κ3) is 1.47. The molecule has 1 aromatic rings. The molecular weight excluding hydrogens is 188 g/mol. The lowest BCUT2D eigenvalue weighted by atomic mass is 10.3. The topological polar surface area (TPSA) is 76.5 Å². The molecule has 0 bridgehead atoms. The van der Waals surface area contributed by atoms with Gasteiger partial charge in [-0.25, -0.2) is 0 Å². The summed E-state index contributed by atoms with van der Waals surface area (Å²) < 4.78 is 11.7. The quantitative estimate of drug-likeness (QED) is 0.693. The van der Waals surface area contributed by atoms with E-state index in [0.29, 0.717) is 5.56 Å². The molecule has 0 aromatic carbocycles. The van der Waals surface area contributed by atoms with E-state index in [1.807, 2.05) is 0 Å². The second kappa shape index (κ2) is 3.56. The Morgan fingerprint density at radius 1 is 1.64 bits per heavy atom. The van der Waals surface area contributed by atoms with Crippen LogP contribution in [0.25, 0.3) is 0 Å². The minimum absolute atomic E-state index is 0.0807. The molecule has 2 rings (SSSR count). The number of hydrogen-bond acceptors (Lipinski definition) is 4. The number of aliphatic hydroxyl groups excluding tert-OH is 1. The van der Waals surface area contributed by atoms with Gasteiger partial charge in [-0.3, -0.25) is 9.48 Å². The molecule has 0 aliphatic carbocycles. The summed E-state index contributed by atoms with van der Waals surface area (Å²) in [5.74, 6) is 0. The van der Waals surface area contributed by atoms with Crippen LogP contribution in [0.2, 0.25) is 0 Å². The molecule has 0 amide bonds. The van der Waals surface area contributed by atoms with Crippen LogP contribution in [0.3, 0.4) is 0 Å². The summed E-state index contributed by atoms with van der Waals surface area (Å²) >= 11 is 0. The van der Waals surface area contributed by atoms with Gasteiger partial charge >= 0.3 is 0 Å². The van der Waals surface area contributed by atoms with Crippen molar-refractivity contribution in [1.29, 1.82) is 0 Å². The van der Waals surface area contributed by atoms with E-state index >= 15 is 0 Å². The monoisotopic (exact) mass is 200 g/mol. The van der Waals surface area contributed by atoms with Gasteiger partial charge in [-0.15, -0.1) is 0 Å². The van der Waals surface area contributed by atoms with Crippen molar-refractivity contribution in [1.82, 2.24) is 9.78 Å². The van der Waals surface area contributed by atoms with Gasteiger partial charge < -0.3 is 19.7 Å². The Morgan fingerprint density at radius 3 is 2.93 bits per heavy atom. The molecule has 1 aromatic heterocycles. The van der Waals surface area contributed by atoms with E-state index in [1.165, 1.54) is 10.9 Å². The molecule has 2 N–H and O–H groups in total. The third-order valence-electron chi connectivity index (χ3n) is 2.08. The molecule has 0 unspecified atom stereocenters. The van der Waals surface area contributed by atoms with Crippen LogP contribution in [0.4, 0.5) is 0 Å². The van der Waals surface area contributed by atoms with Gasteiger partial charge in [0.25, 0.3) is 5.56 Å². The summed E-state index contributed by atoms with van der Waals surface area (Å²) in [6, 6.07) is 0. The van der Waals surface area contributed by atoms with E-state index in [9.17, 15) is 4.79 Å². The lowest BCUT2D eigenvalue weighted by molar-refractivity contribution is -0.383. The predicted octanol–water partition coefficient (Wildman–Crippen LogP) is -0.440. The molecule has 6 heteroatoms. The van der Waals surface area contributed by atoms with Crippen molar-refractivity contribution in [3.05, 3.63) is 22.1 Å². The highest BCUT2D eigenvalue weighted by molar-refractivity contribution is 5.07. The number of H-pyrrole nitrogens is 1. The van der Waals surface area contributed by atoms with Crippen molar-refractivity contribution in [2.24, 2.45) is 0 Å². The zero-order chi connectivity index (χ0) is 10.1. The van der Waals surface area contributed by atoms with Crippen molar-refractivity contribution in [3.63, 3.8) is 0 Å². The highest BCUT2D eigenvalue weighted by Crippen LogP contribution is 2.28. The maximum absolute atomic E-state index is 11.6. The molecule has 0 radical (unpaired) electrons. The molecule has 1 aliphatic rings. The van der Waals surface area contributed by atoms with Crippen LogP contribution in [-0.2, 0) is 16.0 Å². The fourth-order valence-electron chi connectivity index (χ4n) is 1.36. The van der Waals surface area contributed by atoms with Crippen LogP contribution in [-0.4, -0.2) is 27.8 Å². The number of aromatic amines is 1. The van der Waals surface area contributed by atoms with Crippen LogP contribution in [0.1, 0.15) is 18.8 Å². The Labute approximate surface area is 80.0 Å². The van der Waals surface area contributed by atoms with Gasteiger partial charge in [0, 0.05) is 6.20 Å². The van der Waals surface area contributed by atoms with Gasteiger partial charge in [-0.2, -0.15) is 0 Å². The van der Waals surface area contributed by atoms with Crippen LogP contribution in [0.15, 0.2) is 11.0 Å². The van der Waals surface area contributed by atoms with Crippen molar-refractivity contribution in [2.45, 2.75) is 26.0 Å². The number of nitrogens with zero attached hydrogens (tertiary/aromatic N) is 1. The van der Waals surface area contributed by atoms with E-state index in [0.717, 1.165) is 0 Å². The Hall–Kier alpha value is -1.11. The first-order valence-corrected chi connectivity index (χ1v) is 4.42. The number of aliphatic hydroxyl groups is 1. The van der Waals surface area contributed by atoms with Crippen molar-refractivity contribution < 1.29 is 14.6 Å². The van der Waals surface area contributed by atoms with E-state index in [2.05, 4.69) is 5.10 Å². The average molecular weight is 200 g/mol. The highest BCUT2D eigenvalue weighted by Gasteiger charge is 2.31. The lowest BCUT2D eigenvalue weighted by Gasteiger charge is -2.32. The zero-order valence-electron chi connectivity index (χ0n) is 7.77. The minimum Gasteiger partial charge on any atom is -0.394 e. The van der Waals surface area contributed by atoms with Crippen molar-refractivity contribution in [3.8, 4) is 0 Å². The molecular formula is C8H12N2O4. The van der Waals surface area contributed by atoms with E-state index in [1.54, 1.807) is 6.92 Å². The normalized spacial score (nSPS) is 26.1. The van der Waals surface area contributed by atoms with Crippen molar-refractivity contribution >= 4 is 0 Å². The summed E-state index contributed by atoms with van der Waals surface area (Å²) in [6.45, 7) is 1.93. The number of aromatic nitrogens is 2. The molecule has 0 spiro atoms. The molecule has 2 heterocycles. The van der Waals surface area contributed by atoms with Crippen LogP contribution >= 0.6 is 0 Å². The average Bonchev–Trinajstić information content (AvgIpc) is 2.44. The summed E-state index contributed by atoms with van der Waals surface area (Å²) in [5.41, 5.74) is 0.229. The molecule has 14 heavy (non-hydrogen) atoms. The Morgan fingerprint density at radius 2 is 2.36 bits per heavy atom. The van der Waals surface area contributed by atoms with E-state index < -0.39 is 6.29 Å². The Kier molecular flexibility index (Phi) is 2.40. The smallest absolute Gasteiger partial charge is 0.274 e.